The van der Waals surface area contributed by atoms with Gasteiger partial charge in [-0.25, -0.2) is 4.79 Å². The molecule has 1 aliphatic rings. The predicted molar refractivity (Wildman–Crippen MR) is 71.0 cm³/mol. The summed E-state index contributed by atoms with van der Waals surface area (Å²) >= 11 is 0. The average Bonchev–Trinajstić information content (AvgIpc) is 2.87. The van der Waals surface area contributed by atoms with Crippen molar-refractivity contribution >= 4 is 12.0 Å². The predicted octanol–water partition coefficient (Wildman–Crippen LogP) is 1.36. The van der Waals surface area contributed by atoms with Gasteiger partial charge in [-0.05, 0) is 25.7 Å². The lowest BCUT2D eigenvalue weighted by Gasteiger charge is -2.14. The summed E-state index contributed by atoms with van der Waals surface area (Å²) in [6.45, 7) is 3.47. The van der Waals surface area contributed by atoms with Crippen LogP contribution in [0.4, 0.5) is 4.79 Å². The van der Waals surface area contributed by atoms with Crippen LogP contribution in [0.3, 0.4) is 0 Å². The number of aliphatic carboxylic acids is 1. The van der Waals surface area contributed by atoms with Gasteiger partial charge in [-0.3, -0.25) is 4.79 Å². The zero-order chi connectivity index (χ0) is 14.1. The van der Waals surface area contributed by atoms with Gasteiger partial charge in [0, 0.05) is 19.7 Å². The first-order valence-corrected chi connectivity index (χ1v) is 6.99. The molecule has 2 atom stereocenters. The van der Waals surface area contributed by atoms with E-state index in [0.29, 0.717) is 13.0 Å². The molecule has 1 heterocycles. The molecule has 6 heteroatoms. The molecule has 0 aromatic rings. The van der Waals surface area contributed by atoms with Gasteiger partial charge in [-0.1, -0.05) is 13.3 Å². The lowest BCUT2D eigenvalue weighted by molar-refractivity contribution is -0.141. The van der Waals surface area contributed by atoms with E-state index in [2.05, 4.69) is 10.6 Å². The molecule has 1 fully saturated rings. The van der Waals surface area contributed by atoms with Crippen LogP contribution in [0, 0.1) is 5.92 Å². The fraction of sp³-hybridized carbons (Fsp3) is 0.846. The van der Waals surface area contributed by atoms with Gasteiger partial charge in [0.05, 0.1) is 12.0 Å². The van der Waals surface area contributed by atoms with Crippen LogP contribution in [0.5, 0.6) is 0 Å². The zero-order valence-corrected chi connectivity index (χ0v) is 11.5. The monoisotopic (exact) mass is 272 g/mol. The molecule has 0 bridgehead atoms. The number of carbonyl (C=O) groups is 2. The van der Waals surface area contributed by atoms with Gasteiger partial charge >= 0.3 is 12.0 Å². The van der Waals surface area contributed by atoms with Gasteiger partial charge in [-0.15, -0.1) is 0 Å². The van der Waals surface area contributed by atoms with Crippen molar-refractivity contribution in [3.8, 4) is 0 Å². The molecule has 2 unspecified atom stereocenters. The number of carboxylic acid groups (broad SMARTS) is 1. The summed E-state index contributed by atoms with van der Waals surface area (Å²) in [5.41, 5.74) is 0. The quantitative estimate of drug-likeness (QED) is 0.622. The molecule has 0 aromatic heterocycles. The second-order valence-corrected chi connectivity index (χ2v) is 4.88. The fourth-order valence-electron chi connectivity index (χ4n) is 2.16. The highest BCUT2D eigenvalue weighted by molar-refractivity contribution is 5.75. The van der Waals surface area contributed by atoms with Crippen LogP contribution in [0.1, 0.15) is 39.0 Å². The minimum absolute atomic E-state index is 0.176. The van der Waals surface area contributed by atoms with E-state index < -0.39 is 11.9 Å². The maximum absolute atomic E-state index is 11.5. The van der Waals surface area contributed by atoms with Crippen LogP contribution in [-0.4, -0.2) is 42.9 Å². The lowest BCUT2D eigenvalue weighted by atomic mass is 10.0. The Balaban J connectivity index is 2.10. The maximum Gasteiger partial charge on any atom is 0.314 e. The molecule has 0 saturated carbocycles. The van der Waals surface area contributed by atoms with Crippen molar-refractivity contribution in [1.29, 1.82) is 0 Å². The van der Waals surface area contributed by atoms with Crippen LogP contribution < -0.4 is 10.6 Å². The Labute approximate surface area is 113 Å². The number of rotatable bonds is 8. The first kappa shape index (κ1) is 15.8. The second kappa shape index (κ2) is 8.74. The molecule has 3 N–H and O–H groups in total. The van der Waals surface area contributed by atoms with E-state index in [1.807, 2.05) is 6.92 Å². The van der Waals surface area contributed by atoms with E-state index >= 15 is 0 Å². The van der Waals surface area contributed by atoms with E-state index in [9.17, 15) is 9.59 Å². The molecule has 1 rings (SSSR count). The highest BCUT2D eigenvalue weighted by atomic mass is 16.5. The van der Waals surface area contributed by atoms with Crippen molar-refractivity contribution in [2.24, 2.45) is 5.92 Å². The first-order chi connectivity index (χ1) is 9.13. The van der Waals surface area contributed by atoms with Crippen LogP contribution >= 0.6 is 0 Å². The van der Waals surface area contributed by atoms with Gasteiger partial charge in [0.2, 0.25) is 0 Å². The average molecular weight is 272 g/mol. The summed E-state index contributed by atoms with van der Waals surface area (Å²) in [5, 5.41) is 14.3. The number of amides is 2. The topological polar surface area (TPSA) is 87.7 Å². The molecule has 1 aliphatic heterocycles. The second-order valence-electron chi connectivity index (χ2n) is 4.88. The van der Waals surface area contributed by atoms with Crippen LogP contribution in [0.15, 0.2) is 0 Å². The Morgan fingerprint density at radius 2 is 2.21 bits per heavy atom. The van der Waals surface area contributed by atoms with Gasteiger partial charge < -0.3 is 20.5 Å². The molecular formula is C13H24N2O4. The van der Waals surface area contributed by atoms with E-state index in [1.165, 1.54) is 0 Å². The molecule has 0 radical (unpaired) electrons. The first-order valence-electron chi connectivity index (χ1n) is 6.99. The zero-order valence-electron chi connectivity index (χ0n) is 11.5. The van der Waals surface area contributed by atoms with Crippen molar-refractivity contribution in [3.05, 3.63) is 0 Å². The lowest BCUT2D eigenvalue weighted by Crippen LogP contribution is -2.40. The smallest absolute Gasteiger partial charge is 0.314 e. The number of ether oxygens (including phenoxy) is 1. The number of carboxylic acids is 1. The summed E-state index contributed by atoms with van der Waals surface area (Å²) < 4.78 is 5.45. The SMILES string of the molecule is CCCC(CNC(=O)NCCC1CCCO1)C(=O)O. The van der Waals surface area contributed by atoms with Crippen LogP contribution in [0.25, 0.3) is 0 Å². The summed E-state index contributed by atoms with van der Waals surface area (Å²) in [5.74, 6) is -1.37. The van der Waals surface area contributed by atoms with Crippen LogP contribution in [0.2, 0.25) is 0 Å². The fourth-order valence-corrected chi connectivity index (χ4v) is 2.16. The van der Waals surface area contributed by atoms with Crippen molar-refractivity contribution in [1.82, 2.24) is 10.6 Å². The van der Waals surface area contributed by atoms with E-state index in [4.69, 9.17) is 9.84 Å². The Hall–Kier alpha value is -1.30. The molecule has 110 valence electrons. The third-order valence-corrected chi connectivity index (χ3v) is 3.27. The normalized spacial score (nSPS) is 19.9. The summed E-state index contributed by atoms with van der Waals surface area (Å²) in [7, 11) is 0. The molecule has 0 aliphatic carbocycles. The standard InChI is InChI=1S/C13H24N2O4/c1-2-4-10(12(16)17)9-15-13(18)14-7-6-11-5-3-8-19-11/h10-11H,2-9H2,1H3,(H,16,17)(H2,14,15,18). The van der Waals surface area contributed by atoms with E-state index in [-0.39, 0.29) is 18.7 Å². The minimum Gasteiger partial charge on any atom is -0.481 e. The van der Waals surface area contributed by atoms with Crippen LogP contribution in [-0.2, 0) is 9.53 Å². The minimum atomic E-state index is -0.860. The van der Waals surface area contributed by atoms with Gasteiger partial charge in [-0.2, -0.15) is 0 Å². The molecular weight excluding hydrogens is 248 g/mol. The molecule has 1 saturated heterocycles. The molecule has 0 spiro atoms. The van der Waals surface area contributed by atoms with Crippen molar-refractivity contribution < 1.29 is 19.4 Å². The third kappa shape index (κ3) is 6.42. The largest absolute Gasteiger partial charge is 0.481 e. The molecule has 0 aromatic carbocycles. The highest BCUT2D eigenvalue weighted by Gasteiger charge is 2.18. The van der Waals surface area contributed by atoms with Crippen molar-refractivity contribution in [2.75, 3.05) is 19.7 Å². The number of hydrogen-bond donors (Lipinski definition) is 3. The summed E-state index contributed by atoms with van der Waals surface area (Å²) in [6.07, 6.45) is 4.58. The molecule has 6 nitrogen and oxygen atoms in total. The Kier molecular flexibility index (Phi) is 7.25. The highest BCUT2D eigenvalue weighted by Crippen LogP contribution is 2.14. The Morgan fingerprint density at radius 3 is 2.79 bits per heavy atom. The van der Waals surface area contributed by atoms with E-state index in [1.54, 1.807) is 0 Å². The molecule has 19 heavy (non-hydrogen) atoms. The van der Waals surface area contributed by atoms with Gasteiger partial charge in [0.1, 0.15) is 0 Å². The number of hydrogen-bond acceptors (Lipinski definition) is 3. The van der Waals surface area contributed by atoms with Gasteiger partial charge in [0.15, 0.2) is 0 Å². The van der Waals surface area contributed by atoms with Crippen molar-refractivity contribution in [2.45, 2.75) is 45.1 Å². The van der Waals surface area contributed by atoms with Crippen molar-refractivity contribution in [3.63, 3.8) is 0 Å². The van der Waals surface area contributed by atoms with E-state index in [0.717, 1.165) is 32.3 Å². The van der Waals surface area contributed by atoms with Gasteiger partial charge in [0.25, 0.3) is 0 Å². The molecule has 2 amide bonds. The Bertz CT molecular complexity index is 290. The number of nitrogens with one attached hydrogen (secondary N) is 2. The number of urea groups is 1. The Morgan fingerprint density at radius 1 is 1.42 bits per heavy atom. The number of carbonyl (C=O) groups excluding carboxylic acids is 1. The maximum atomic E-state index is 11.5. The third-order valence-electron chi connectivity index (χ3n) is 3.27. The summed E-state index contributed by atoms with van der Waals surface area (Å²) in [4.78, 5) is 22.4. The summed E-state index contributed by atoms with van der Waals surface area (Å²) in [6, 6.07) is -0.305.